The molecule has 140 valence electrons. The van der Waals surface area contributed by atoms with Gasteiger partial charge in [0, 0.05) is 29.4 Å². The van der Waals surface area contributed by atoms with Crippen LogP contribution in [0, 0.1) is 0 Å². The number of carbonyl (C=O) groups is 2. The number of likely N-dealkylation sites (tertiary alicyclic amines) is 1. The number of carbonyl (C=O) groups excluding carboxylic acids is 2. The van der Waals surface area contributed by atoms with E-state index in [9.17, 15) is 9.59 Å². The molecule has 0 radical (unpaired) electrons. The first-order valence-corrected chi connectivity index (χ1v) is 10.6. The highest BCUT2D eigenvalue weighted by Crippen LogP contribution is 2.33. The topological polar surface area (TPSA) is 37.4 Å². The standard InChI is InChI=1S/C23H24BrNO2/c24-20-10-8-17(9-11-20)21-5-2-14-25(21)23(27)13-12-22(26)19-7-6-16-3-1-4-18(16)15-19/h6-11,15,21H,1-5,12-14H2. The fourth-order valence-electron chi connectivity index (χ4n) is 4.35. The molecule has 1 unspecified atom stereocenters. The molecule has 0 N–H and O–H groups in total. The van der Waals surface area contributed by atoms with Crippen molar-refractivity contribution in [1.82, 2.24) is 4.90 Å². The monoisotopic (exact) mass is 425 g/mol. The van der Waals surface area contributed by atoms with Crippen molar-refractivity contribution in [3.8, 4) is 0 Å². The van der Waals surface area contributed by atoms with Crippen LogP contribution < -0.4 is 0 Å². The summed E-state index contributed by atoms with van der Waals surface area (Å²) in [5.41, 5.74) is 4.61. The lowest BCUT2D eigenvalue weighted by Crippen LogP contribution is -2.30. The third-order valence-electron chi connectivity index (χ3n) is 5.81. The maximum atomic E-state index is 12.8. The van der Waals surface area contributed by atoms with Crippen LogP contribution in [-0.4, -0.2) is 23.1 Å². The van der Waals surface area contributed by atoms with Crippen LogP contribution in [0.1, 0.15) is 65.2 Å². The van der Waals surface area contributed by atoms with E-state index in [1.165, 1.54) is 23.1 Å². The molecule has 1 amide bonds. The largest absolute Gasteiger partial charge is 0.336 e. The summed E-state index contributed by atoms with van der Waals surface area (Å²) in [7, 11) is 0. The molecular weight excluding hydrogens is 402 g/mol. The minimum atomic E-state index is 0.0810. The van der Waals surface area contributed by atoms with E-state index in [1.54, 1.807) is 0 Å². The van der Waals surface area contributed by atoms with E-state index in [1.807, 2.05) is 29.2 Å². The summed E-state index contributed by atoms with van der Waals surface area (Å²) in [4.78, 5) is 27.3. The average Bonchev–Trinajstić information content (AvgIpc) is 3.35. The van der Waals surface area contributed by atoms with Crippen LogP contribution in [0.5, 0.6) is 0 Å². The zero-order valence-corrected chi connectivity index (χ0v) is 17.0. The minimum Gasteiger partial charge on any atom is -0.336 e. The number of benzene rings is 2. The van der Waals surface area contributed by atoms with Gasteiger partial charge in [-0.3, -0.25) is 9.59 Å². The van der Waals surface area contributed by atoms with Gasteiger partial charge >= 0.3 is 0 Å². The summed E-state index contributed by atoms with van der Waals surface area (Å²) in [5, 5.41) is 0. The Labute approximate surface area is 168 Å². The van der Waals surface area contributed by atoms with E-state index >= 15 is 0 Å². The maximum Gasteiger partial charge on any atom is 0.223 e. The number of fused-ring (bicyclic) bond motifs is 1. The van der Waals surface area contributed by atoms with E-state index in [2.05, 4.69) is 34.1 Å². The fraction of sp³-hybridized carbons (Fsp3) is 0.391. The second-order valence-electron chi connectivity index (χ2n) is 7.56. The summed E-state index contributed by atoms with van der Waals surface area (Å²) in [6.07, 6.45) is 5.96. The summed E-state index contributed by atoms with van der Waals surface area (Å²) in [6, 6.07) is 14.4. The van der Waals surface area contributed by atoms with Gasteiger partial charge in [0.1, 0.15) is 0 Å². The lowest BCUT2D eigenvalue weighted by atomic mass is 10.0. The Morgan fingerprint density at radius 2 is 1.74 bits per heavy atom. The number of amides is 1. The lowest BCUT2D eigenvalue weighted by Gasteiger charge is -2.25. The van der Waals surface area contributed by atoms with Crippen LogP contribution in [0.4, 0.5) is 0 Å². The van der Waals surface area contributed by atoms with E-state index in [0.717, 1.165) is 42.3 Å². The van der Waals surface area contributed by atoms with Gasteiger partial charge in [-0.1, -0.05) is 40.2 Å². The minimum absolute atomic E-state index is 0.0810. The molecule has 2 aromatic rings. The lowest BCUT2D eigenvalue weighted by molar-refractivity contribution is -0.132. The second kappa shape index (κ2) is 7.97. The molecule has 0 spiro atoms. The molecule has 1 atom stereocenters. The van der Waals surface area contributed by atoms with Crippen LogP contribution in [0.2, 0.25) is 0 Å². The van der Waals surface area contributed by atoms with Crippen molar-refractivity contribution in [1.29, 1.82) is 0 Å². The zero-order chi connectivity index (χ0) is 18.8. The second-order valence-corrected chi connectivity index (χ2v) is 8.47. The predicted octanol–water partition coefficient (Wildman–Crippen LogP) is 5.26. The average molecular weight is 426 g/mol. The number of hydrogen-bond donors (Lipinski definition) is 0. The molecule has 1 aliphatic carbocycles. The smallest absolute Gasteiger partial charge is 0.223 e. The van der Waals surface area contributed by atoms with Gasteiger partial charge in [-0.2, -0.15) is 0 Å². The maximum absolute atomic E-state index is 12.8. The van der Waals surface area contributed by atoms with E-state index in [0.29, 0.717) is 12.8 Å². The van der Waals surface area contributed by atoms with E-state index in [4.69, 9.17) is 0 Å². The number of hydrogen-bond acceptors (Lipinski definition) is 2. The molecule has 1 heterocycles. The molecule has 1 saturated heterocycles. The number of halogens is 1. The van der Waals surface area contributed by atoms with Gasteiger partial charge in [-0.15, -0.1) is 0 Å². The first-order valence-electron chi connectivity index (χ1n) is 9.82. The predicted molar refractivity (Wildman–Crippen MR) is 110 cm³/mol. The van der Waals surface area contributed by atoms with Crippen LogP contribution >= 0.6 is 15.9 Å². The molecule has 27 heavy (non-hydrogen) atoms. The molecule has 4 rings (SSSR count). The molecule has 0 aromatic heterocycles. The molecule has 0 saturated carbocycles. The molecule has 2 aliphatic rings. The van der Waals surface area contributed by atoms with Gasteiger partial charge in [0.15, 0.2) is 5.78 Å². The molecule has 0 bridgehead atoms. The number of Topliss-reactive ketones (excluding diaryl/α,β-unsaturated/α-hetero) is 1. The Morgan fingerprint density at radius 3 is 2.56 bits per heavy atom. The molecule has 4 heteroatoms. The highest BCUT2D eigenvalue weighted by molar-refractivity contribution is 9.10. The van der Waals surface area contributed by atoms with Gasteiger partial charge in [-0.25, -0.2) is 0 Å². The van der Waals surface area contributed by atoms with Crippen molar-refractivity contribution in [2.24, 2.45) is 0 Å². The summed E-state index contributed by atoms with van der Waals surface area (Å²) >= 11 is 3.46. The first kappa shape index (κ1) is 18.4. The van der Waals surface area contributed by atoms with Gasteiger partial charge < -0.3 is 4.90 Å². The molecule has 1 fully saturated rings. The van der Waals surface area contributed by atoms with E-state index in [-0.39, 0.29) is 17.7 Å². The van der Waals surface area contributed by atoms with Crippen molar-refractivity contribution >= 4 is 27.6 Å². The number of ketones is 1. The van der Waals surface area contributed by atoms with Crippen LogP contribution in [0.25, 0.3) is 0 Å². The van der Waals surface area contributed by atoms with Crippen molar-refractivity contribution < 1.29 is 9.59 Å². The molecule has 2 aromatic carbocycles. The Kier molecular flexibility index (Phi) is 5.44. The van der Waals surface area contributed by atoms with Gasteiger partial charge in [0.2, 0.25) is 5.91 Å². The Morgan fingerprint density at radius 1 is 0.963 bits per heavy atom. The third-order valence-corrected chi connectivity index (χ3v) is 6.34. The van der Waals surface area contributed by atoms with Crippen molar-refractivity contribution in [2.75, 3.05) is 6.54 Å². The summed E-state index contributed by atoms with van der Waals surface area (Å²) < 4.78 is 1.04. The van der Waals surface area contributed by atoms with Crippen LogP contribution in [-0.2, 0) is 17.6 Å². The summed E-state index contributed by atoms with van der Waals surface area (Å²) in [5.74, 6) is 0.173. The fourth-order valence-corrected chi connectivity index (χ4v) is 4.61. The van der Waals surface area contributed by atoms with Crippen molar-refractivity contribution in [2.45, 2.75) is 51.0 Å². The quantitative estimate of drug-likeness (QED) is 0.612. The van der Waals surface area contributed by atoms with Gasteiger partial charge in [0.05, 0.1) is 6.04 Å². The van der Waals surface area contributed by atoms with Crippen molar-refractivity contribution in [3.05, 3.63) is 69.2 Å². The third kappa shape index (κ3) is 4.01. The van der Waals surface area contributed by atoms with Gasteiger partial charge in [-0.05, 0) is 67.0 Å². The Hall–Kier alpha value is -1.94. The molecule has 1 aliphatic heterocycles. The van der Waals surface area contributed by atoms with Crippen LogP contribution in [0.15, 0.2) is 46.9 Å². The normalized spacial score (nSPS) is 18.6. The zero-order valence-electron chi connectivity index (χ0n) is 15.4. The van der Waals surface area contributed by atoms with Gasteiger partial charge in [0.25, 0.3) is 0 Å². The number of aryl methyl sites for hydroxylation is 2. The summed E-state index contributed by atoms with van der Waals surface area (Å²) in [6.45, 7) is 0.784. The van der Waals surface area contributed by atoms with Crippen LogP contribution in [0.3, 0.4) is 0 Å². The highest BCUT2D eigenvalue weighted by Gasteiger charge is 2.30. The molecular formula is C23H24BrNO2. The molecule has 3 nitrogen and oxygen atoms in total. The number of nitrogens with zero attached hydrogens (tertiary/aromatic N) is 1. The SMILES string of the molecule is O=C(CCC(=O)N1CCCC1c1ccc(Br)cc1)c1ccc2c(c1)CCC2. The highest BCUT2D eigenvalue weighted by atomic mass is 79.9. The van der Waals surface area contributed by atoms with Crippen molar-refractivity contribution in [3.63, 3.8) is 0 Å². The number of rotatable bonds is 5. The first-order chi connectivity index (χ1) is 13.1. The van der Waals surface area contributed by atoms with E-state index < -0.39 is 0 Å². The Balaban J connectivity index is 1.38. The Bertz CT molecular complexity index is 859.